The van der Waals surface area contributed by atoms with Gasteiger partial charge in [-0.3, -0.25) is 24.1 Å². The van der Waals surface area contributed by atoms with Crippen LogP contribution in [0.15, 0.2) is 76.9 Å². The largest absolute Gasteiger partial charge is 0.508 e. The topological polar surface area (TPSA) is 129 Å². The summed E-state index contributed by atoms with van der Waals surface area (Å²) in [5.41, 5.74) is 2.31. The van der Waals surface area contributed by atoms with Gasteiger partial charge in [-0.1, -0.05) is 35.4 Å². The van der Waals surface area contributed by atoms with E-state index in [1.54, 1.807) is 13.0 Å². The van der Waals surface area contributed by atoms with Gasteiger partial charge in [-0.25, -0.2) is 4.79 Å². The minimum absolute atomic E-state index is 0.0512. The smallest absolute Gasteiger partial charge is 0.335 e. The Kier molecular flexibility index (Phi) is 5.69. The lowest BCUT2D eigenvalue weighted by Crippen LogP contribution is -2.40. The number of halogens is 1. The van der Waals surface area contributed by atoms with Gasteiger partial charge in [-0.15, -0.1) is 0 Å². The number of aromatic hydroxyl groups is 1. The number of rotatable bonds is 3. The van der Waals surface area contributed by atoms with Crippen molar-refractivity contribution in [3.63, 3.8) is 0 Å². The summed E-state index contributed by atoms with van der Waals surface area (Å²) < 4.78 is 0. The van der Waals surface area contributed by atoms with Crippen LogP contribution in [0.3, 0.4) is 0 Å². The average molecular weight is 544 g/mol. The second-order valence-corrected chi connectivity index (χ2v) is 10.7. The summed E-state index contributed by atoms with van der Waals surface area (Å²) >= 11 is 6.55. The Bertz CT molecular complexity index is 1630. The molecule has 1 heterocycles. The fraction of sp³-hybridized carbons (Fsp3) is 0.233. The number of allylic oxidation sites excluding steroid dienone is 6. The lowest BCUT2D eigenvalue weighted by Gasteiger charge is -2.42. The number of amides is 2. The van der Waals surface area contributed by atoms with Crippen molar-refractivity contribution in [2.45, 2.75) is 25.7 Å². The summed E-state index contributed by atoms with van der Waals surface area (Å²) in [5, 5.41) is 19.6. The van der Waals surface area contributed by atoms with Crippen molar-refractivity contribution in [2.75, 3.05) is 4.90 Å². The molecule has 1 fully saturated rings. The van der Waals surface area contributed by atoms with E-state index in [0.29, 0.717) is 22.3 Å². The fourth-order valence-corrected chi connectivity index (χ4v) is 6.78. The van der Waals surface area contributed by atoms with Gasteiger partial charge in [0.05, 0.1) is 23.1 Å². The number of benzene rings is 2. The van der Waals surface area contributed by atoms with E-state index in [0.717, 1.165) is 10.5 Å². The second kappa shape index (κ2) is 8.88. The molecule has 2 amide bonds. The highest BCUT2D eigenvalue weighted by Gasteiger charge is 2.56. The fourth-order valence-electron chi connectivity index (χ4n) is 6.50. The maximum Gasteiger partial charge on any atom is 0.335 e. The number of carboxylic acid groups (broad SMARTS) is 1. The van der Waals surface area contributed by atoms with Crippen molar-refractivity contribution < 1.29 is 34.2 Å². The zero-order chi connectivity index (χ0) is 27.7. The molecule has 0 spiro atoms. The van der Waals surface area contributed by atoms with Crippen molar-refractivity contribution in [2.24, 2.45) is 17.8 Å². The Hall–Kier alpha value is -4.30. The zero-order valence-corrected chi connectivity index (χ0v) is 21.4. The molecule has 0 aromatic heterocycles. The number of carbonyl (C=O) groups excluding carboxylic acids is 4. The number of fused-ring (bicyclic) bond motifs is 3. The lowest BCUT2D eigenvalue weighted by atomic mass is 9.59. The number of carbonyl (C=O) groups is 5. The maximum absolute atomic E-state index is 13.9. The highest BCUT2D eigenvalue weighted by Crippen LogP contribution is 2.56. The van der Waals surface area contributed by atoms with Gasteiger partial charge in [0, 0.05) is 27.7 Å². The SMILES string of the molecule is CC1=CC(=O)C2=C(C1=O)C(c1ccc(O)cc1Cl)C1=CCC3C(=O)N(c4cccc(C(=O)O)c4)C(=O)C3C1C2. The van der Waals surface area contributed by atoms with Gasteiger partial charge < -0.3 is 10.2 Å². The first-order valence-electron chi connectivity index (χ1n) is 12.5. The maximum atomic E-state index is 13.9. The molecule has 3 aliphatic carbocycles. The predicted octanol–water partition coefficient (Wildman–Crippen LogP) is 4.38. The molecular formula is C30H22ClNO7. The molecule has 2 aromatic carbocycles. The van der Waals surface area contributed by atoms with Gasteiger partial charge in [0.25, 0.3) is 0 Å². The van der Waals surface area contributed by atoms with Crippen LogP contribution in [0.2, 0.25) is 5.02 Å². The molecule has 2 N–H and O–H groups in total. The second-order valence-electron chi connectivity index (χ2n) is 10.3. The Morgan fingerprint density at radius 2 is 1.79 bits per heavy atom. The van der Waals surface area contributed by atoms with Gasteiger partial charge in [-0.2, -0.15) is 0 Å². The number of phenols is 1. The van der Waals surface area contributed by atoms with Crippen LogP contribution < -0.4 is 4.90 Å². The molecule has 2 aromatic rings. The first kappa shape index (κ1) is 25.0. The van der Waals surface area contributed by atoms with Gasteiger partial charge in [0.2, 0.25) is 11.8 Å². The molecule has 8 nitrogen and oxygen atoms in total. The Balaban J connectivity index is 1.48. The third-order valence-corrected chi connectivity index (χ3v) is 8.54. The van der Waals surface area contributed by atoms with Crippen molar-refractivity contribution >= 4 is 46.6 Å². The van der Waals surface area contributed by atoms with Crippen molar-refractivity contribution in [3.8, 4) is 5.75 Å². The Morgan fingerprint density at radius 1 is 1.03 bits per heavy atom. The van der Waals surface area contributed by atoms with Gasteiger partial charge in [0.1, 0.15) is 5.75 Å². The van der Waals surface area contributed by atoms with Crippen LogP contribution in [0.5, 0.6) is 5.75 Å². The van der Waals surface area contributed by atoms with Gasteiger partial charge in [-0.05, 0) is 67.7 Å². The monoisotopic (exact) mass is 543 g/mol. The number of ketones is 2. The molecule has 1 aliphatic heterocycles. The number of nitrogens with zero attached hydrogens (tertiary/aromatic N) is 1. The summed E-state index contributed by atoms with van der Waals surface area (Å²) in [7, 11) is 0. The number of aromatic carboxylic acids is 1. The molecule has 0 radical (unpaired) electrons. The van der Waals surface area contributed by atoms with E-state index in [9.17, 15) is 34.2 Å². The molecule has 6 rings (SSSR count). The molecule has 0 bridgehead atoms. The van der Waals surface area contributed by atoms with Crippen LogP contribution in [-0.2, 0) is 19.2 Å². The molecule has 4 unspecified atom stereocenters. The third kappa shape index (κ3) is 3.70. The summed E-state index contributed by atoms with van der Waals surface area (Å²) in [5.74, 6) is -5.48. The number of Topliss-reactive ketones (excluding diaryl/α,β-unsaturated/α-hetero) is 1. The van der Waals surface area contributed by atoms with E-state index in [1.165, 1.54) is 42.5 Å². The molecule has 4 atom stereocenters. The standard InChI is InChI=1S/C30H22ClNO7/c1-13-9-23(34)21-12-20-17(24(26(21)27(13)35)18-6-5-16(33)11-22(18)31)7-8-19-25(20)29(37)32(28(19)36)15-4-2-3-14(10-15)30(38)39/h2-7,9-11,19-20,24-25,33H,8,12H2,1H3,(H,38,39). The molecule has 39 heavy (non-hydrogen) atoms. The minimum atomic E-state index is -1.18. The third-order valence-electron chi connectivity index (χ3n) is 8.21. The van der Waals surface area contributed by atoms with E-state index < -0.39 is 41.5 Å². The summed E-state index contributed by atoms with van der Waals surface area (Å²) in [6.07, 6.45) is 3.53. The van der Waals surface area contributed by atoms with Gasteiger partial charge >= 0.3 is 5.97 Å². The summed E-state index contributed by atoms with van der Waals surface area (Å²) in [6, 6.07) is 10.1. The quantitative estimate of drug-likeness (QED) is 0.334. The highest BCUT2D eigenvalue weighted by atomic mass is 35.5. The number of hydrogen-bond acceptors (Lipinski definition) is 6. The van der Waals surface area contributed by atoms with Crippen LogP contribution in [0.1, 0.15) is 41.6 Å². The molecule has 0 saturated carbocycles. The lowest BCUT2D eigenvalue weighted by molar-refractivity contribution is -0.123. The van der Waals surface area contributed by atoms with Crippen molar-refractivity contribution in [1.29, 1.82) is 0 Å². The van der Waals surface area contributed by atoms with Crippen LogP contribution >= 0.6 is 11.6 Å². The normalized spacial score (nSPS) is 26.2. The molecule has 1 saturated heterocycles. The van der Waals surface area contributed by atoms with Crippen LogP contribution in [0, 0.1) is 17.8 Å². The van der Waals surface area contributed by atoms with E-state index in [-0.39, 0.29) is 46.4 Å². The number of phenolic OH excluding ortho intramolecular Hbond substituents is 1. The first-order valence-corrected chi connectivity index (χ1v) is 12.9. The van der Waals surface area contributed by atoms with Crippen LogP contribution in [0.25, 0.3) is 0 Å². The summed E-state index contributed by atoms with van der Waals surface area (Å²) in [6.45, 7) is 1.58. The van der Waals surface area contributed by atoms with Crippen LogP contribution in [-0.4, -0.2) is 39.6 Å². The number of imide groups is 1. The Labute approximate surface area is 227 Å². The number of anilines is 1. The number of hydrogen-bond donors (Lipinski definition) is 2. The number of carboxylic acids is 1. The van der Waals surface area contributed by atoms with Crippen molar-refractivity contribution in [3.05, 3.63) is 93.1 Å². The van der Waals surface area contributed by atoms with E-state index in [1.807, 2.05) is 6.08 Å². The predicted molar refractivity (Wildman–Crippen MR) is 140 cm³/mol. The van der Waals surface area contributed by atoms with Crippen molar-refractivity contribution in [1.82, 2.24) is 0 Å². The molecule has 4 aliphatic rings. The molecular weight excluding hydrogens is 522 g/mol. The molecule has 196 valence electrons. The van der Waals surface area contributed by atoms with E-state index in [4.69, 9.17) is 11.6 Å². The Morgan fingerprint density at radius 3 is 2.51 bits per heavy atom. The average Bonchev–Trinajstić information content (AvgIpc) is 3.16. The highest BCUT2D eigenvalue weighted by molar-refractivity contribution is 6.32. The summed E-state index contributed by atoms with van der Waals surface area (Å²) in [4.78, 5) is 66.6. The van der Waals surface area contributed by atoms with Crippen LogP contribution in [0.4, 0.5) is 5.69 Å². The van der Waals surface area contributed by atoms with E-state index in [2.05, 4.69) is 0 Å². The molecule has 9 heteroatoms. The minimum Gasteiger partial charge on any atom is -0.508 e. The zero-order valence-electron chi connectivity index (χ0n) is 20.7. The first-order chi connectivity index (χ1) is 18.6. The van der Waals surface area contributed by atoms with E-state index >= 15 is 0 Å². The van der Waals surface area contributed by atoms with Gasteiger partial charge in [0.15, 0.2) is 11.6 Å².